The number of hydrogen-bond donors (Lipinski definition) is 1. The molecule has 2 rings (SSSR count). The van der Waals surface area contributed by atoms with Gasteiger partial charge in [-0.25, -0.2) is 0 Å². The third-order valence-corrected chi connectivity index (χ3v) is 3.31. The average Bonchev–Trinajstić information content (AvgIpc) is 3.01. The Labute approximate surface area is 108 Å². The van der Waals surface area contributed by atoms with E-state index in [1.807, 2.05) is 6.92 Å². The van der Waals surface area contributed by atoms with Crippen molar-refractivity contribution in [3.63, 3.8) is 0 Å². The van der Waals surface area contributed by atoms with E-state index in [0.717, 1.165) is 0 Å². The minimum atomic E-state index is -0.250. The van der Waals surface area contributed by atoms with Crippen molar-refractivity contribution in [2.45, 2.75) is 52.7 Å². The summed E-state index contributed by atoms with van der Waals surface area (Å²) < 4.78 is 11.0. The zero-order valence-electron chi connectivity index (χ0n) is 11.6. The maximum absolute atomic E-state index is 6.11. The predicted octanol–water partition coefficient (Wildman–Crippen LogP) is 2.60. The van der Waals surface area contributed by atoms with Gasteiger partial charge in [0.1, 0.15) is 6.10 Å². The molecule has 1 saturated carbocycles. The summed E-state index contributed by atoms with van der Waals surface area (Å²) in [6.07, 6.45) is 2.33. The van der Waals surface area contributed by atoms with E-state index in [9.17, 15) is 0 Å². The summed E-state index contributed by atoms with van der Waals surface area (Å²) in [6.45, 7) is 8.82. The van der Waals surface area contributed by atoms with E-state index in [-0.39, 0.29) is 17.6 Å². The SMILES string of the molecule is CCOC(c1noc(C(N)C(C)(C)C)n1)C1CC1. The summed E-state index contributed by atoms with van der Waals surface area (Å²) in [5.41, 5.74) is 6.02. The van der Waals surface area contributed by atoms with Crippen LogP contribution < -0.4 is 5.73 Å². The first kappa shape index (κ1) is 13.5. The molecule has 2 unspecified atom stereocenters. The Morgan fingerprint density at radius 2 is 2.11 bits per heavy atom. The van der Waals surface area contributed by atoms with Crippen LogP contribution in [0, 0.1) is 11.3 Å². The molecule has 1 aliphatic rings. The second kappa shape index (κ2) is 4.97. The lowest BCUT2D eigenvalue weighted by Gasteiger charge is -2.23. The summed E-state index contributed by atoms with van der Waals surface area (Å²) in [7, 11) is 0. The van der Waals surface area contributed by atoms with Crippen LogP contribution in [-0.4, -0.2) is 16.7 Å². The van der Waals surface area contributed by atoms with E-state index in [1.54, 1.807) is 0 Å². The zero-order valence-corrected chi connectivity index (χ0v) is 11.6. The lowest BCUT2D eigenvalue weighted by Crippen LogP contribution is -2.26. The van der Waals surface area contributed by atoms with Crippen LogP contribution in [0.5, 0.6) is 0 Å². The van der Waals surface area contributed by atoms with Gasteiger partial charge < -0.3 is 15.0 Å². The first-order valence-electron chi connectivity index (χ1n) is 6.64. The fourth-order valence-corrected chi connectivity index (χ4v) is 1.86. The molecule has 0 amide bonds. The Morgan fingerprint density at radius 3 is 2.61 bits per heavy atom. The molecule has 2 atom stereocenters. The molecule has 0 bridgehead atoms. The molecular formula is C13H23N3O2. The molecule has 5 nitrogen and oxygen atoms in total. The first-order valence-corrected chi connectivity index (χ1v) is 6.64. The fourth-order valence-electron chi connectivity index (χ4n) is 1.86. The third kappa shape index (κ3) is 2.90. The molecule has 5 heteroatoms. The van der Waals surface area contributed by atoms with E-state index in [0.29, 0.717) is 24.2 Å². The van der Waals surface area contributed by atoms with Gasteiger partial charge in [-0.2, -0.15) is 4.98 Å². The highest BCUT2D eigenvalue weighted by Crippen LogP contribution is 2.42. The van der Waals surface area contributed by atoms with Crippen molar-refractivity contribution >= 4 is 0 Å². The molecule has 0 aromatic carbocycles. The molecule has 0 aliphatic heterocycles. The van der Waals surface area contributed by atoms with Gasteiger partial charge in [0, 0.05) is 6.61 Å². The lowest BCUT2D eigenvalue weighted by atomic mass is 9.87. The number of nitrogens with zero attached hydrogens (tertiary/aromatic N) is 2. The maximum Gasteiger partial charge on any atom is 0.244 e. The number of ether oxygens (including phenoxy) is 1. The summed E-state index contributed by atoms with van der Waals surface area (Å²) in [6, 6.07) is -0.250. The van der Waals surface area contributed by atoms with E-state index < -0.39 is 0 Å². The molecule has 1 aliphatic carbocycles. The number of rotatable bonds is 5. The summed E-state index contributed by atoms with van der Waals surface area (Å²) in [5, 5.41) is 4.04. The van der Waals surface area contributed by atoms with Gasteiger partial charge in [0.2, 0.25) is 11.7 Å². The van der Waals surface area contributed by atoms with Gasteiger partial charge in [0.25, 0.3) is 0 Å². The van der Waals surface area contributed by atoms with Gasteiger partial charge in [-0.1, -0.05) is 25.9 Å². The van der Waals surface area contributed by atoms with Crippen molar-refractivity contribution in [2.24, 2.45) is 17.1 Å². The first-order chi connectivity index (χ1) is 8.43. The summed E-state index contributed by atoms with van der Waals surface area (Å²) >= 11 is 0. The van der Waals surface area contributed by atoms with Crippen LogP contribution in [0.25, 0.3) is 0 Å². The van der Waals surface area contributed by atoms with Crippen LogP contribution in [0.3, 0.4) is 0 Å². The summed E-state index contributed by atoms with van der Waals surface area (Å²) in [5.74, 6) is 1.69. The Morgan fingerprint density at radius 1 is 1.44 bits per heavy atom. The highest BCUT2D eigenvalue weighted by molar-refractivity contribution is 5.02. The molecule has 0 saturated heterocycles. The van der Waals surface area contributed by atoms with Gasteiger partial charge in [-0.15, -0.1) is 0 Å². The van der Waals surface area contributed by atoms with Crippen molar-refractivity contribution in [3.8, 4) is 0 Å². The van der Waals surface area contributed by atoms with Crippen LogP contribution in [0.2, 0.25) is 0 Å². The monoisotopic (exact) mass is 253 g/mol. The second-order valence-corrected chi connectivity index (χ2v) is 6.05. The van der Waals surface area contributed by atoms with Gasteiger partial charge in [0.15, 0.2) is 0 Å². The molecule has 0 spiro atoms. The Hall–Kier alpha value is -0.940. The van der Waals surface area contributed by atoms with Crippen molar-refractivity contribution in [1.82, 2.24) is 10.1 Å². The van der Waals surface area contributed by atoms with Crippen LogP contribution in [0.4, 0.5) is 0 Å². The smallest absolute Gasteiger partial charge is 0.244 e. The molecule has 1 aromatic rings. The molecule has 2 N–H and O–H groups in total. The van der Waals surface area contributed by atoms with Gasteiger partial charge in [-0.05, 0) is 31.1 Å². The number of nitrogens with two attached hydrogens (primary N) is 1. The average molecular weight is 253 g/mol. The minimum absolute atomic E-state index is 0.0281. The number of hydrogen-bond acceptors (Lipinski definition) is 5. The Bertz CT molecular complexity index is 393. The highest BCUT2D eigenvalue weighted by Gasteiger charge is 2.37. The van der Waals surface area contributed by atoms with Crippen LogP contribution in [-0.2, 0) is 4.74 Å². The van der Waals surface area contributed by atoms with Gasteiger partial charge >= 0.3 is 0 Å². The van der Waals surface area contributed by atoms with Crippen molar-refractivity contribution < 1.29 is 9.26 Å². The molecule has 1 fully saturated rings. The highest BCUT2D eigenvalue weighted by atomic mass is 16.5. The fraction of sp³-hybridized carbons (Fsp3) is 0.846. The van der Waals surface area contributed by atoms with Crippen molar-refractivity contribution in [2.75, 3.05) is 6.61 Å². The largest absolute Gasteiger partial charge is 0.370 e. The predicted molar refractivity (Wildman–Crippen MR) is 67.8 cm³/mol. The van der Waals surface area contributed by atoms with Crippen LogP contribution >= 0.6 is 0 Å². The second-order valence-electron chi connectivity index (χ2n) is 6.05. The van der Waals surface area contributed by atoms with E-state index in [2.05, 4.69) is 30.9 Å². The molecule has 1 aromatic heterocycles. The van der Waals surface area contributed by atoms with E-state index in [4.69, 9.17) is 15.0 Å². The summed E-state index contributed by atoms with van der Waals surface area (Å²) in [4.78, 5) is 4.43. The normalized spacial score (nSPS) is 19.8. The number of aromatic nitrogens is 2. The van der Waals surface area contributed by atoms with Crippen LogP contribution in [0.1, 0.15) is 64.4 Å². The molecule has 1 heterocycles. The standard InChI is InChI=1S/C13H23N3O2/c1-5-17-9(8-6-7-8)11-15-12(18-16-11)10(14)13(2,3)4/h8-10H,5-7,14H2,1-4H3. The van der Waals surface area contributed by atoms with E-state index in [1.165, 1.54) is 12.8 Å². The minimum Gasteiger partial charge on any atom is -0.370 e. The molecule has 0 radical (unpaired) electrons. The van der Waals surface area contributed by atoms with Gasteiger partial charge in [-0.3, -0.25) is 0 Å². The van der Waals surface area contributed by atoms with E-state index >= 15 is 0 Å². The molecule has 102 valence electrons. The van der Waals surface area contributed by atoms with Crippen molar-refractivity contribution in [1.29, 1.82) is 0 Å². The van der Waals surface area contributed by atoms with Gasteiger partial charge in [0.05, 0.1) is 6.04 Å². The Kier molecular flexibility index (Phi) is 3.73. The topological polar surface area (TPSA) is 74.2 Å². The third-order valence-electron chi connectivity index (χ3n) is 3.31. The quantitative estimate of drug-likeness (QED) is 0.873. The van der Waals surface area contributed by atoms with Crippen LogP contribution in [0.15, 0.2) is 4.52 Å². The zero-order chi connectivity index (χ0) is 13.3. The molecule has 18 heavy (non-hydrogen) atoms. The Balaban J connectivity index is 2.13. The molecular weight excluding hydrogens is 230 g/mol. The van der Waals surface area contributed by atoms with Crippen molar-refractivity contribution in [3.05, 3.63) is 11.7 Å². The maximum atomic E-state index is 6.11. The lowest BCUT2D eigenvalue weighted by molar-refractivity contribution is 0.0384.